The predicted molar refractivity (Wildman–Crippen MR) is 144 cm³/mol. The zero-order valence-corrected chi connectivity index (χ0v) is 21.9. The number of carbonyl (C=O) groups excluding carboxylic acids is 2. The number of likely N-dealkylation sites (tertiary alicyclic amines) is 1. The maximum Gasteiger partial charge on any atom is 0.255 e. The summed E-state index contributed by atoms with van der Waals surface area (Å²) < 4.78 is 29.8. The molecule has 37 heavy (non-hydrogen) atoms. The molecule has 0 aliphatic carbocycles. The summed E-state index contributed by atoms with van der Waals surface area (Å²) in [6, 6.07) is 16.9. The van der Waals surface area contributed by atoms with Gasteiger partial charge in [-0.1, -0.05) is 49.4 Å². The van der Waals surface area contributed by atoms with Crippen molar-refractivity contribution < 1.29 is 23.1 Å². The van der Waals surface area contributed by atoms with Gasteiger partial charge in [-0.15, -0.1) is 0 Å². The van der Waals surface area contributed by atoms with Crippen LogP contribution in [0.5, 0.6) is 0 Å². The minimum absolute atomic E-state index is 0.0246. The molecule has 3 N–H and O–H groups in total. The van der Waals surface area contributed by atoms with Crippen molar-refractivity contribution in [1.29, 1.82) is 0 Å². The van der Waals surface area contributed by atoms with Crippen LogP contribution in [0.2, 0.25) is 0 Å². The number of aliphatic hydroxyl groups is 1. The SMILES string of the molecule is CCCC(=O)N1CC[C@@H](NS(=O)(=O)c2ccc(NC(=O)c3ccccc3C)c3ccccc23)[C@@H](CO)C1. The van der Waals surface area contributed by atoms with E-state index in [0.717, 1.165) is 12.0 Å². The molecule has 1 aliphatic heterocycles. The number of hydrogen-bond donors (Lipinski definition) is 3. The first-order valence-corrected chi connectivity index (χ1v) is 14.0. The number of amides is 2. The first-order valence-electron chi connectivity index (χ1n) is 12.5. The number of fused-ring (bicyclic) bond motifs is 1. The van der Waals surface area contributed by atoms with Crippen LogP contribution in [-0.4, -0.2) is 56.0 Å². The van der Waals surface area contributed by atoms with E-state index >= 15 is 0 Å². The van der Waals surface area contributed by atoms with Crippen molar-refractivity contribution in [2.24, 2.45) is 5.92 Å². The fourth-order valence-corrected chi connectivity index (χ4v) is 6.42. The van der Waals surface area contributed by atoms with Crippen LogP contribution in [-0.2, 0) is 14.8 Å². The van der Waals surface area contributed by atoms with Gasteiger partial charge in [-0.25, -0.2) is 13.1 Å². The molecule has 0 unspecified atom stereocenters. The van der Waals surface area contributed by atoms with Gasteiger partial charge in [-0.3, -0.25) is 9.59 Å². The van der Waals surface area contributed by atoms with Crippen molar-refractivity contribution in [3.05, 3.63) is 71.8 Å². The Hall–Kier alpha value is -3.27. The Morgan fingerprint density at radius 1 is 1.03 bits per heavy atom. The summed E-state index contributed by atoms with van der Waals surface area (Å²) in [5, 5.41) is 14.0. The lowest BCUT2D eigenvalue weighted by atomic mass is 9.93. The molecule has 0 bridgehead atoms. The third kappa shape index (κ3) is 5.84. The van der Waals surface area contributed by atoms with Crippen molar-refractivity contribution in [1.82, 2.24) is 9.62 Å². The number of nitrogens with zero attached hydrogens (tertiary/aromatic N) is 1. The molecule has 9 heteroatoms. The molecule has 0 aromatic heterocycles. The second kappa shape index (κ2) is 11.4. The van der Waals surface area contributed by atoms with Crippen LogP contribution in [0.25, 0.3) is 10.8 Å². The van der Waals surface area contributed by atoms with Crippen LogP contribution in [0, 0.1) is 12.8 Å². The second-order valence-electron chi connectivity index (χ2n) is 9.47. The maximum absolute atomic E-state index is 13.5. The summed E-state index contributed by atoms with van der Waals surface area (Å²) in [4.78, 5) is 27.0. The molecule has 3 aromatic rings. The van der Waals surface area contributed by atoms with Crippen LogP contribution in [0.1, 0.15) is 42.1 Å². The fraction of sp³-hybridized carbons (Fsp3) is 0.357. The van der Waals surface area contributed by atoms with E-state index in [-0.39, 0.29) is 23.3 Å². The zero-order chi connectivity index (χ0) is 26.6. The average Bonchev–Trinajstić information content (AvgIpc) is 2.89. The van der Waals surface area contributed by atoms with Gasteiger partial charge >= 0.3 is 0 Å². The van der Waals surface area contributed by atoms with E-state index < -0.39 is 22.0 Å². The third-order valence-corrected chi connectivity index (χ3v) is 8.45. The Morgan fingerprint density at radius 3 is 2.43 bits per heavy atom. The highest BCUT2D eigenvalue weighted by Crippen LogP contribution is 2.31. The molecule has 2 amide bonds. The van der Waals surface area contributed by atoms with Gasteiger partial charge in [-0.05, 0) is 43.5 Å². The summed E-state index contributed by atoms with van der Waals surface area (Å²) in [6.45, 7) is 4.32. The molecule has 8 nitrogen and oxygen atoms in total. The van der Waals surface area contributed by atoms with E-state index in [0.29, 0.717) is 48.0 Å². The van der Waals surface area contributed by atoms with Crippen molar-refractivity contribution in [2.75, 3.05) is 25.0 Å². The molecule has 0 spiro atoms. The zero-order valence-electron chi connectivity index (χ0n) is 21.1. The number of sulfonamides is 1. The maximum atomic E-state index is 13.5. The quantitative estimate of drug-likeness (QED) is 0.417. The third-order valence-electron chi connectivity index (χ3n) is 6.90. The van der Waals surface area contributed by atoms with Crippen LogP contribution >= 0.6 is 0 Å². The van der Waals surface area contributed by atoms with Gasteiger partial charge in [0.15, 0.2) is 0 Å². The Balaban J connectivity index is 1.59. The molecule has 196 valence electrons. The largest absolute Gasteiger partial charge is 0.396 e. The smallest absolute Gasteiger partial charge is 0.255 e. The molecule has 1 fully saturated rings. The molecule has 2 atom stereocenters. The number of nitrogens with one attached hydrogen (secondary N) is 2. The van der Waals surface area contributed by atoms with Crippen molar-refractivity contribution in [3.8, 4) is 0 Å². The molecule has 4 rings (SSSR count). The molecule has 1 saturated heterocycles. The molecule has 3 aromatic carbocycles. The summed E-state index contributed by atoms with van der Waals surface area (Å²) in [7, 11) is -3.96. The highest BCUT2D eigenvalue weighted by molar-refractivity contribution is 7.89. The highest BCUT2D eigenvalue weighted by atomic mass is 32.2. The Morgan fingerprint density at radius 2 is 1.73 bits per heavy atom. The van der Waals surface area contributed by atoms with Gasteiger partial charge in [0, 0.05) is 60.1 Å². The first-order chi connectivity index (χ1) is 17.7. The Labute approximate surface area is 217 Å². The van der Waals surface area contributed by atoms with E-state index in [2.05, 4.69) is 10.0 Å². The second-order valence-corrected chi connectivity index (χ2v) is 11.2. The molecular formula is C28H33N3O5S. The number of anilines is 1. The summed E-state index contributed by atoms with van der Waals surface area (Å²) in [6.07, 6.45) is 1.60. The van der Waals surface area contributed by atoms with Gasteiger partial charge < -0.3 is 15.3 Å². The van der Waals surface area contributed by atoms with Gasteiger partial charge in [0.05, 0.1) is 4.90 Å². The lowest BCUT2D eigenvalue weighted by Gasteiger charge is -2.38. The topological polar surface area (TPSA) is 116 Å². The van der Waals surface area contributed by atoms with Crippen LogP contribution < -0.4 is 10.0 Å². The van der Waals surface area contributed by atoms with Gasteiger partial charge in [0.2, 0.25) is 15.9 Å². The van der Waals surface area contributed by atoms with E-state index in [9.17, 15) is 23.1 Å². The van der Waals surface area contributed by atoms with Crippen molar-refractivity contribution in [2.45, 2.75) is 44.0 Å². The van der Waals surface area contributed by atoms with E-state index in [4.69, 9.17) is 0 Å². The minimum atomic E-state index is -3.96. The number of rotatable bonds is 8. The highest BCUT2D eigenvalue weighted by Gasteiger charge is 2.34. The van der Waals surface area contributed by atoms with Gasteiger partial charge in [0.1, 0.15) is 0 Å². The number of aryl methyl sites for hydroxylation is 1. The van der Waals surface area contributed by atoms with E-state index in [1.165, 1.54) is 6.07 Å². The Bertz CT molecular complexity index is 1410. The van der Waals surface area contributed by atoms with Gasteiger partial charge in [-0.2, -0.15) is 0 Å². The van der Waals surface area contributed by atoms with Crippen molar-refractivity contribution >= 4 is 38.3 Å². The van der Waals surface area contributed by atoms with Crippen molar-refractivity contribution in [3.63, 3.8) is 0 Å². The number of aliphatic hydroxyl groups excluding tert-OH is 1. The number of carbonyl (C=O) groups is 2. The van der Waals surface area contributed by atoms with Crippen LogP contribution in [0.4, 0.5) is 5.69 Å². The molecule has 1 aliphatic rings. The molecule has 1 heterocycles. The fourth-order valence-electron chi connectivity index (χ4n) is 4.87. The lowest BCUT2D eigenvalue weighted by Crippen LogP contribution is -2.53. The summed E-state index contributed by atoms with van der Waals surface area (Å²) in [5.41, 5.74) is 1.90. The average molecular weight is 524 g/mol. The van der Waals surface area contributed by atoms with E-state index in [1.807, 2.05) is 26.0 Å². The first kappa shape index (κ1) is 26.8. The summed E-state index contributed by atoms with van der Waals surface area (Å²) in [5.74, 6) is -0.646. The van der Waals surface area contributed by atoms with Crippen LogP contribution in [0.15, 0.2) is 65.6 Å². The Kier molecular flexibility index (Phi) is 8.26. The monoisotopic (exact) mass is 523 g/mol. The normalized spacial score (nSPS) is 18.1. The standard InChI is InChI=1S/C28H33N3O5S/c1-3-8-27(33)31-16-15-24(20(17-31)18-32)30-37(35,36)26-14-13-25(22-11-6-7-12-23(22)26)29-28(34)21-10-5-4-9-19(21)2/h4-7,9-14,20,24,30,32H,3,8,15-18H2,1-2H3,(H,29,34)/t20-,24-/m1/s1. The predicted octanol–water partition coefficient (Wildman–Crippen LogP) is 3.69. The van der Waals surface area contributed by atoms with Gasteiger partial charge in [0.25, 0.3) is 5.91 Å². The summed E-state index contributed by atoms with van der Waals surface area (Å²) >= 11 is 0. The molecular weight excluding hydrogens is 490 g/mol. The van der Waals surface area contributed by atoms with Crippen LogP contribution in [0.3, 0.4) is 0 Å². The lowest BCUT2D eigenvalue weighted by molar-refractivity contribution is -0.133. The van der Waals surface area contributed by atoms with E-state index in [1.54, 1.807) is 47.4 Å². The number of piperidine rings is 1. The number of hydrogen-bond acceptors (Lipinski definition) is 5. The molecule has 0 saturated carbocycles. The minimum Gasteiger partial charge on any atom is -0.396 e. The molecule has 0 radical (unpaired) electrons. The number of benzene rings is 3.